The predicted molar refractivity (Wildman–Crippen MR) is 51.2 cm³/mol. The van der Waals surface area contributed by atoms with Crippen LogP contribution in [0.1, 0.15) is 19.3 Å². The van der Waals surface area contributed by atoms with Crippen LogP contribution in [-0.4, -0.2) is 56.9 Å². The molecule has 16 heavy (non-hydrogen) atoms. The Balaban J connectivity index is 2.22. The van der Waals surface area contributed by atoms with Gasteiger partial charge in [0.15, 0.2) is 6.10 Å². The molecule has 4 N–H and O–H groups in total. The summed E-state index contributed by atoms with van der Waals surface area (Å²) in [5.74, 6) is -1.20. The van der Waals surface area contributed by atoms with Crippen LogP contribution in [0.15, 0.2) is 0 Å². The third-order valence-electron chi connectivity index (χ3n) is 3.40. The van der Waals surface area contributed by atoms with Crippen molar-refractivity contribution >= 4 is 5.97 Å². The fourth-order valence-electron chi connectivity index (χ4n) is 2.36. The molecule has 0 amide bonds. The van der Waals surface area contributed by atoms with Crippen molar-refractivity contribution in [2.24, 2.45) is 5.92 Å². The van der Waals surface area contributed by atoms with Gasteiger partial charge in [-0.3, -0.25) is 4.79 Å². The maximum atomic E-state index is 11.4. The first-order valence-corrected chi connectivity index (χ1v) is 5.45. The number of rotatable bonds is 0. The smallest absolute Gasteiger partial charge is 0.312 e. The standard InChI is InChI=1S/C10H16O6/c11-5-3-1-2-4-6(12)9(16-10(4)15)8(14)7(5)13/h4-9,11-14H,1-3H2/t4-,5+,6-,7-,8-,9-/m0/s1. The highest BCUT2D eigenvalue weighted by molar-refractivity contribution is 5.75. The summed E-state index contributed by atoms with van der Waals surface area (Å²) < 4.78 is 4.83. The van der Waals surface area contributed by atoms with Gasteiger partial charge in [-0.2, -0.15) is 0 Å². The van der Waals surface area contributed by atoms with Gasteiger partial charge >= 0.3 is 5.97 Å². The minimum atomic E-state index is -1.45. The lowest BCUT2D eigenvalue weighted by molar-refractivity contribution is -0.158. The van der Waals surface area contributed by atoms with Gasteiger partial charge in [0.1, 0.15) is 18.3 Å². The number of hydrogen-bond donors (Lipinski definition) is 4. The van der Waals surface area contributed by atoms with Crippen LogP contribution in [0.2, 0.25) is 0 Å². The monoisotopic (exact) mass is 232 g/mol. The number of carbonyl (C=O) groups excluding carboxylic acids is 1. The van der Waals surface area contributed by atoms with E-state index in [-0.39, 0.29) is 0 Å². The third-order valence-corrected chi connectivity index (χ3v) is 3.40. The molecule has 92 valence electrons. The van der Waals surface area contributed by atoms with E-state index < -0.39 is 42.4 Å². The number of aliphatic hydroxyl groups is 4. The summed E-state index contributed by atoms with van der Waals surface area (Å²) in [4.78, 5) is 11.4. The molecular weight excluding hydrogens is 216 g/mol. The number of esters is 1. The van der Waals surface area contributed by atoms with E-state index in [1.807, 2.05) is 0 Å². The molecule has 2 bridgehead atoms. The average molecular weight is 232 g/mol. The van der Waals surface area contributed by atoms with Crippen molar-refractivity contribution in [3.63, 3.8) is 0 Å². The lowest BCUT2D eigenvalue weighted by atomic mass is 9.94. The predicted octanol–water partition coefficient (Wildman–Crippen LogP) is -1.84. The molecule has 1 heterocycles. The van der Waals surface area contributed by atoms with Crippen LogP contribution >= 0.6 is 0 Å². The van der Waals surface area contributed by atoms with Crippen molar-refractivity contribution in [2.75, 3.05) is 0 Å². The Morgan fingerprint density at radius 3 is 2.38 bits per heavy atom. The molecule has 6 heteroatoms. The molecule has 0 aromatic rings. The average Bonchev–Trinajstić information content (AvgIpc) is 2.54. The van der Waals surface area contributed by atoms with Gasteiger partial charge in [0.05, 0.1) is 12.0 Å². The summed E-state index contributed by atoms with van der Waals surface area (Å²) in [6.45, 7) is 0. The Bertz CT molecular complexity index is 280. The van der Waals surface area contributed by atoms with Gasteiger partial charge in [-0.25, -0.2) is 0 Å². The zero-order chi connectivity index (χ0) is 11.9. The van der Waals surface area contributed by atoms with E-state index in [0.29, 0.717) is 19.3 Å². The topological polar surface area (TPSA) is 107 Å². The van der Waals surface area contributed by atoms with Crippen molar-refractivity contribution in [1.82, 2.24) is 0 Å². The van der Waals surface area contributed by atoms with Gasteiger partial charge < -0.3 is 25.2 Å². The molecule has 1 aliphatic heterocycles. The first-order chi connectivity index (χ1) is 7.52. The molecule has 2 aliphatic rings. The summed E-state index contributed by atoms with van der Waals surface area (Å²) in [5.41, 5.74) is 0. The molecule has 1 saturated carbocycles. The van der Waals surface area contributed by atoms with Crippen molar-refractivity contribution in [3.8, 4) is 0 Å². The zero-order valence-electron chi connectivity index (χ0n) is 8.69. The summed E-state index contributed by atoms with van der Waals surface area (Å²) in [5, 5.41) is 38.6. The molecule has 0 unspecified atom stereocenters. The first kappa shape index (κ1) is 11.8. The van der Waals surface area contributed by atoms with Gasteiger partial charge in [0.2, 0.25) is 0 Å². The van der Waals surface area contributed by atoms with Gasteiger partial charge in [-0.1, -0.05) is 0 Å². The van der Waals surface area contributed by atoms with E-state index >= 15 is 0 Å². The Labute approximate surface area is 92.5 Å². The highest BCUT2D eigenvalue weighted by Crippen LogP contribution is 2.32. The normalized spacial score (nSPS) is 49.1. The molecule has 1 saturated heterocycles. The maximum Gasteiger partial charge on any atom is 0.312 e. The quantitative estimate of drug-likeness (QED) is 0.365. The summed E-state index contributed by atoms with van der Waals surface area (Å²) in [7, 11) is 0. The lowest BCUT2D eigenvalue weighted by Gasteiger charge is -2.26. The highest BCUT2D eigenvalue weighted by atomic mass is 16.6. The first-order valence-electron chi connectivity index (χ1n) is 5.45. The second-order valence-corrected chi connectivity index (χ2v) is 4.48. The van der Waals surface area contributed by atoms with Crippen LogP contribution in [0.4, 0.5) is 0 Å². The van der Waals surface area contributed by atoms with Crippen molar-refractivity contribution in [1.29, 1.82) is 0 Å². The molecule has 6 nitrogen and oxygen atoms in total. The molecular formula is C10H16O6. The molecule has 0 aromatic heterocycles. The van der Waals surface area contributed by atoms with Crippen LogP contribution in [0, 0.1) is 5.92 Å². The fraction of sp³-hybridized carbons (Fsp3) is 0.900. The number of carbonyl (C=O) groups is 1. The molecule has 6 atom stereocenters. The van der Waals surface area contributed by atoms with Gasteiger partial charge in [0.25, 0.3) is 0 Å². The summed E-state index contributed by atoms with van der Waals surface area (Å²) >= 11 is 0. The minimum absolute atomic E-state index is 0.293. The zero-order valence-corrected chi connectivity index (χ0v) is 8.69. The largest absolute Gasteiger partial charge is 0.456 e. The molecule has 1 aliphatic carbocycles. The SMILES string of the molecule is O=C1O[C@H]2[C@@H](O)[C@@H]1CCC[C@@H](O)[C@H](O)[C@@H]2O. The van der Waals surface area contributed by atoms with E-state index in [4.69, 9.17) is 4.74 Å². The number of ether oxygens (including phenoxy) is 1. The summed E-state index contributed by atoms with van der Waals surface area (Å²) in [6.07, 6.45) is -4.97. The Morgan fingerprint density at radius 2 is 1.69 bits per heavy atom. The van der Waals surface area contributed by atoms with Crippen molar-refractivity contribution in [2.45, 2.75) is 49.8 Å². The molecule has 0 spiro atoms. The van der Waals surface area contributed by atoms with E-state index in [1.54, 1.807) is 0 Å². The molecule has 2 rings (SSSR count). The van der Waals surface area contributed by atoms with Gasteiger partial charge in [-0.15, -0.1) is 0 Å². The number of hydrogen-bond acceptors (Lipinski definition) is 6. The fourth-order valence-corrected chi connectivity index (χ4v) is 2.36. The summed E-state index contributed by atoms with van der Waals surface area (Å²) in [6, 6.07) is 0. The second kappa shape index (κ2) is 4.29. The van der Waals surface area contributed by atoms with Crippen molar-refractivity contribution in [3.05, 3.63) is 0 Å². The molecule has 0 radical (unpaired) electrons. The lowest BCUT2D eigenvalue weighted by Crippen LogP contribution is -2.47. The maximum absolute atomic E-state index is 11.4. The van der Waals surface area contributed by atoms with Crippen LogP contribution in [-0.2, 0) is 9.53 Å². The van der Waals surface area contributed by atoms with Gasteiger partial charge in [0, 0.05) is 0 Å². The van der Waals surface area contributed by atoms with Crippen LogP contribution in [0.25, 0.3) is 0 Å². The highest BCUT2D eigenvalue weighted by Gasteiger charge is 2.50. The number of aliphatic hydroxyl groups excluding tert-OH is 4. The van der Waals surface area contributed by atoms with E-state index in [2.05, 4.69) is 0 Å². The molecule has 0 aromatic carbocycles. The van der Waals surface area contributed by atoms with Crippen LogP contribution < -0.4 is 0 Å². The second-order valence-electron chi connectivity index (χ2n) is 4.48. The number of fused-ring (bicyclic) bond motifs is 2. The van der Waals surface area contributed by atoms with Crippen molar-refractivity contribution < 1.29 is 30.0 Å². The van der Waals surface area contributed by atoms with E-state index in [0.717, 1.165) is 0 Å². The Morgan fingerprint density at radius 1 is 1.00 bits per heavy atom. The Kier molecular flexibility index (Phi) is 3.16. The van der Waals surface area contributed by atoms with E-state index in [9.17, 15) is 25.2 Å². The van der Waals surface area contributed by atoms with E-state index in [1.165, 1.54) is 0 Å². The van der Waals surface area contributed by atoms with Gasteiger partial charge in [-0.05, 0) is 19.3 Å². The minimum Gasteiger partial charge on any atom is -0.456 e. The van der Waals surface area contributed by atoms with Crippen LogP contribution in [0.3, 0.4) is 0 Å². The molecule has 2 fully saturated rings. The Hall–Kier alpha value is -0.690. The van der Waals surface area contributed by atoms with Crippen LogP contribution in [0.5, 0.6) is 0 Å². The third kappa shape index (κ3) is 1.82.